The van der Waals surface area contributed by atoms with Crippen molar-refractivity contribution in [3.63, 3.8) is 0 Å². The summed E-state index contributed by atoms with van der Waals surface area (Å²) in [6, 6.07) is 8.01. The van der Waals surface area contributed by atoms with E-state index >= 15 is 0 Å². The summed E-state index contributed by atoms with van der Waals surface area (Å²) in [6.45, 7) is 6.53. The molecule has 0 bridgehead atoms. The molecule has 0 aliphatic heterocycles. The Morgan fingerprint density at radius 3 is 2.61 bits per heavy atom. The zero-order chi connectivity index (χ0) is 13.5. The second kappa shape index (κ2) is 7.39. The van der Waals surface area contributed by atoms with Gasteiger partial charge in [-0.25, -0.2) is 0 Å². The maximum atomic E-state index is 9.79. The summed E-state index contributed by atoms with van der Waals surface area (Å²) in [5.74, 6) is 1.16. The van der Waals surface area contributed by atoms with Crippen LogP contribution < -0.4 is 10.5 Å². The molecular weight excluding hydrogens is 226 g/mol. The van der Waals surface area contributed by atoms with E-state index in [1.54, 1.807) is 0 Å². The summed E-state index contributed by atoms with van der Waals surface area (Å²) < 4.78 is 5.67. The molecule has 0 saturated heterocycles. The minimum Gasteiger partial charge on any atom is -0.489 e. The van der Waals surface area contributed by atoms with Crippen LogP contribution in [0.3, 0.4) is 0 Å². The number of benzene rings is 1. The van der Waals surface area contributed by atoms with Crippen LogP contribution >= 0.6 is 0 Å². The van der Waals surface area contributed by atoms with Crippen molar-refractivity contribution in [2.24, 2.45) is 11.7 Å². The number of nitrogens with two attached hydrogens (primary N) is 1. The quantitative estimate of drug-likeness (QED) is 0.782. The lowest BCUT2D eigenvalue weighted by Crippen LogP contribution is -2.22. The van der Waals surface area contributed by atoms with Crippen LogP contribution in [0.15, 0.2) is 24.3 Å². The van der Waals surface area contributed by atoms with Crippen LogP contribution in [0.4, 0.5) is 0 Å². The van der Waals surface area contributed by atoms with Gasteiger partial charge < -0.3 is 15.6 Å². The smallest absolute Gasteiger partial charge is 0.120 e. The Morgan fingerprint density at radius 1 is 1.28 bits per heavy atom. The zero-order valence-corrected chi connectivity index (χ0v) is 11.6. The van der Waals surface area contributed by atoms with Crippen LogP contribution in [0, 0.1) is 5.92 Å². The minimum atomic E-state index is -0.238. The van der Waals surface area contributed by atoms with Gasteiger partial charge in [-0.3, -0.25) is 0 Å². The van der Waals surface area contributed by atoms with Crippen molar-refractivity contribution < 1.29 is 9.84 Å². The lowest BCUT2D eigenvalue weighted by atomic mass is 9.99. The molecule has 3 N–H and O–H groups in total. The van der Waals surface area contributed by atoms with Crippen LogP contribution in [-0.4, -0.2) is 23.9 Å². The molecule has 1 aromatic rings. The highest BCUT2D eigenvalue weighted by atomic mass is 16.5. The molecule has 1 unspecified atom stereocenters. The Bertz CT molecular complexity index is 352. The first-order valence-corrected chi connectivity index (χ1v) is 6.66. The lowest BCUT2D eigenvalue weighted by Gasteiger charge is -2.15. The Balaban J connectivity index is 2.54. The van der Waals surface area contributed by atoms with Gasteiger partial charge in [0.15, 0.2) is 0 Å². The number of aryl methyl sites for hydroxylation is 1. The molecule has 0 aromatic heterocycles. The molecule has 0 fully saturated rings. The molecule has 0 radical (unpaired) electrons. The van der Waals surface area contributed by atoms with Crippen molar-refractivity contribution in [1.82, 2.24) is 0 Å². The molecule has 0 spiro atoms. The normalized spacial score (nSPS) is 14.6. The number of hydrogen-bond acceptors (Lipinski definition) is 3. The fourth-order valence-electron chi connectivity index (χ4n) is 1.70. The zero-order valence-electron chi connectivity index (χ0n) is 11.6. The molecule has 3 heteroatoms. The highest BCUT2D eigenvalue weighted by molar-refractivity contribution is 5.28. The average molecular weight is 251 g/mol. The minimum absolute atomic E-state index is 0.0292. The van der Waals surface area contributed by atoms with Gasteiger partial charge in [-0.05, 0) is 43.4 Å². The highest BCUT2D eigenvalue weighted by Gasteiger charge is 2.09. The van der Waals surface area contributed by atoms with Crippen LogP contribution in [0.2, 0.25) is 0 Å². The number of ether oxygens (including phenoxy) is 1. The fraction of sp³-hybridized carbons (Fsp3) is 0.600. The van der Waals surface area contributed by atoms with Crippen LogP contribution in [0.5, 0.6) is 5.75 Å². The second-order valence-corrected chi connectivity index (χ2v) is 5.16. The average Bonchev–Trinajstić information content (AvgIpc) is 2.36. The summed E-state index contributed by atoms with van der Waals surface area (Å²) in [4.78, 5) is 0. The van der Waals surface area contributed by atoms with Crippen LogP contribution in [0.25, 0.3) is 0 Å². The van der Waals surface area contributed by atoms with E-state index in [0.29, 0.717) is 12.5 Å². The predicted octanol–water partition coefficient (Wildman–Crippen LogP) is 2.36. The van der Waals surface area contributed by atoms with Crippen molar-refractivity contribution in [1.29, 1.82) is 0 Å². The molecule has 102 valence electrons. The van der Waals surface area contributed by atoms with Gasteiger partial charge in [0.2, 0.25) is 0 Å². The molecule has 0 amide bonds. The van der Waals surface area contributed by atoms with Gasteiger partial charge in [0.05, 0.1) is 6.10 Å². The lowest BCUT2D eigenvalue weighted by molar-refractivity contribution is 0.116. The van der Waals surface area contributed by atoms with Crippen molar-refractivity contribution in [2.45, 2.75) is 45.8 Å². The first-order valence-electron chi connectivity index (χ1n) is 6.66. The third-order valence-corrected chi connectivity index (χ3v) is 3.07. The van der Waals surface area contributed by atoms with Gasteiger partial charge in [-0.1, -0.05) is 26.0 Å². The molecular formula is C15H25NO2. The summed E-state index contributed by atoms with van der Waals surface area (Å²) in [5, 5.41) is 9.79. The SMILES string of the molecule is CC(C)C(O)CCc1cccc(O[C@@H](C)CN)c1. The Morgan fingerprint density at radius 2 is 2.00 bits per heavy atom. The molecule has 3 nitrogen and oxygen atoms in total. The van der Waals surface area contributed by atoms with Gasteiger partial charge in [0, 0.05) is 6.54 Å². The van der Waals surface area contributed by atoms with E-state index in [1.807, 2.05) is 39.0 Å². The summed E-state index contributed by atoms with van der Waals surface area (Å²) in [7, 11) is 0. The molecule has 2 atom stereocenters. The third-order valence-electron chi connectivity index (χ3n) is 3.07. The maximum absolute atomic E-state index is 9.79. The number of rotatable bonds is 7. The Hall–Kier alpha value is -1.06. The molecule has 0 saturated carbocycles. The van der Waals surface area contributed by atoms with Gasteiger partial charge in [0.1, 0.15) is 11.9 Å². The van der Waals surface area contributed by atoms with Crippen molar-refractivity contribution in [3.05, 3.63) is 29.8 Å². The van der Waals surface area contributed by atoms with Crippen molar-refractivity contribution in [3.8, 4) is 5.75 Å². The first-order chi connectivity index (χ1) is 8.52. The molecule has 0 heterocycles. The topological polar surface area (TPSA) is 55.5 Å². The van der Waals surface area contributed by atoms with E-state index in [0.717, 1.165) is 18.6 Å². The van der Waals surface area contributed by atoms with E-state index in [1.165, 1.54) is 5.56 Å². The van der Waals surface area contributed by atoms with E-state index in [4.69, 9.17) is 10.5 Å². The first kappa shape index (κ1) is 15.0. The molecule has 0 aliphatic rings. The molecule has 0 aliphatic carbocycles. The van der Waals surface area contributed by atoms with E-state index in [2.05, 4.69) is 6.07 Å². The van der Waals surface area contributed by atoms with Gasteiger partial charge in [-0.15, -0.1) is 0 Å². The molecule has 1 aromatic carbocycles. The van der Waals surface area contributed by atoms with E-state index in [-0.39, 0.29) is 12.2 Å². The second-order valence-electron chi connectivity index (χ2n) is 5.16. The maximum Gasteiger partial charge on any atom is 0.120 e. The summed E-state index contributed by atoms with van der Waals surface area (Å²) in [5.41, 5.74) is 6.72. The predicted molar refractivity (Wildman–Crippen MR) is 74.8 cm³/mol. The largest absolute Gasteiger partial charge is 0.489 e. The number of aliphatic hydroxyl groups is 1. The summed E-state index contributed by atoms with van der Waals surface area (Å²) >= 11 is 0. The number of aliphatic hydroxyl groups excluding tert-OH is 1. The summed E-state index contributed by atoms with van der Waals surface area (Å²) in [6.07, 6.45) is 1.44. The van der Waals surface area contributed by atoms with Gasteiger partial charge in [-0.2, -0.15) is 0 Å². The van der Waals surface area contributed by atoms with Gasteiger partial charge >= 0.3 is 0 Å². The third kappa shape index (κ3) is 5.07. The monoisotopic (exact) mass is 251 g/mol. The molecule has 18 heavy (non-hydrogen) atoms. The Kier molecular flexibility index (Phi) is 6.16. The molecule has 1 rings (SSSR count). The van der Waals surface area contributed by atoms with E-state index in [9.17, 15) is 5.11 Å². The van der Waals surface area contributed by atoms with Gasteiger partial charge in [0.25, 0.3) is 0 Å². The van der Waals surface area contributed by atoms with Crippen molar-refractivity contribution >= 4 is 0 Å². The fourth-order valence-corrected chi connectivity index (χ4v) is 1.70. The van der Waals surface area contributed by atoms with Crippen LogP contribution in [-0.2, 0) is 6.42 Å². The van der Waals surface area contributed by atoms with Crippen molar-refractivity contribution in [2.75, 3.05) is 6.54 Å². The van der Waals surface area contributed by atoms with Crippen LogP contribution in [0.1, 0.15) is 32.8 Å². The Labute approximate surface area is 110 Å². The standard InChI is InChI=1S/C15H25NO2/c1-11(2)15(17)8-7-13-5-4-6-14(9-13)18-12(3)10-16/h4-6,9,11-12,15,17H,7-8,10,16H2,1-3H3/t12-,15?/m0/s1. The van der Waals surface area contributed by atoms with E-state index < -0.39 is 0 Å². The highest BCUT2D eigenvalue weighted by Crippen LogP contribution is 2.17. The number of hydrogen-bond donors (Lipinski definition) is 2.